The molecule has 104 valence electrons. The molecule has 0 bridgehead atoms. The Bertz CT molecular complexity index is 275. The Kier molecular flexibility index (Phi) is 18.4. The van der Waals surface area contributed by atoms with Crippen molar-refractivity contribution in [2.24, 2.45) is 0 Å². The predicted octanol–water partition coefficient (Wildman–Crippen LogP) is 0.963. The minimum absolute atomic E-state index is 0. The first-order valence-electron chi connectivity index (χ1n) is 6.21. The molecule has 0 unspecified atom stereocenters. The summed E-state index contributed by atoms with van der Waals surface area (Å²) in [4.78, 5) is 19.9. The van der Waals surface area contributed by atoms with E-state index < -0.39 is 11.9 Å². The summed E-state index contributed by atoms with van der Waals surface area (Å²) in [7, 11) is 0. The Morgan fingerprint density at radius 1 is 0.737 bits per heavy atom. The minimum atomic E-state index is -1.09. The molecular formula is C14H22O4Zn. The van der Waals surface area contributed by atoms with Gasteiger partial charge < -0.3 is 19.8 Å². The van der Waals surface area contributed by atoms with Crippen molar-refractivity contribution in [1.82, 2.24) is 0 Å². The maximum absolute atomic E-state index is 9.94. The number of carboxylic acids is 2. The van der Waals surface area contributed by atoms with Crippen molar-refractivity contribution in [3.05, 3.63) is 23.3 Å². The Balaban J connectivity index is -0.000000256. The second kappa shape index (κ2) is 15.1. The van der Waals surface area contributed by atoms with Gasteiger partial charge in [0.15, 0.2) is 0 Å². The average molecular weight is 320 g/mol. The number of rotatable bonds is 6. The van der Waals surface area contributed by atoms with Crippen LogP contribution in [-0.2, 0) is 29.1 Å². The molecule has 0 N–H and O–H groups in total. The molecule has 5 heteroatoms. The molecule has 0 rings (SSSR count). The van der Waals surface area contributed by atoms with Crippen LogP contribution in [0.1, 0.15) is 53.4 Å². The Morgan fingerprint density at radius 2 is 0.947 bits per heavy atom. The van der Waals surface area contributed by atoms with Gasteiger partial charge in [-0.1, -0.05) is 38.8 Å². The summed E-state index contributed by atoms with van der Waals surface area (Å²) in [5.41, 5.74) is 1.85. The third-order valence-corrected chi connectivity index (χ3v) is 2.46. The maximum atomic E-state index is 9.94. The van der Waals surface area contributed by atoms with E-state index in [-0.39, 0.29) is 19.5 Å². The molecule has 0 radical (unpaired) electrons. The molecule has 0 aliphatic heterocycles. The van der Waals surface area contributed by atoms with E-state index in [2.05, 4.69) is 0 Å². The fourth-order valence-electron chi connectivity index (χ4n) is 1.24. The van der Waals surface area contributed by atoms with Crippen LogP contribution in [0.25, 0.3) is 0 Å². The van der Waals surface area contributed by atoms with E-state index in [1.165, 1.54) is 12.2 Å². The van der Waals surface area contributed by atoms with E-state index in [9.17, 15) is 19.8 Å². The number of carbonyl (C=O) groups excluding carboxylic acids is 2. The zero-order valence-electron chi connectivity index (χ0n) is 12.3. The Labute approximate surface area is 128 Å². The fraction of sp³-hybridized carbons (Fsp3) is 0.571. The largest absolute Gasteiger partial charge is 2.00 e. The van der Waals surface area contributed by atoms with Gasteiger partial charge in [0, 0.05) is 0 Å². The van der Waals surface area contributed by atoms with Crippen LogP contribution in [0.5, 0.6) is 0 Å². The molecule has 0 aromatic rings. The second-order valence-electron chi connectivity index (χ2n) is 3.66. The van der Waals surface area contributed by atoms with Gasteiger partial charge in [-0.05, 0) is 37.8 Å². The monoisotopic (exact) mass is 318 g/mol. The molecule has 0 fully saturated rings. The van der Waals surface area contributed by atoms with Gasteiger partial charge in [-0.3, -0.25) is 0 Å². The van der Waals surface area contributed by atoms with Crippen LogP contribution in [0.2, 0.25) is 0 Å². The van der Waals surface area contributed by atoms with Gasteiger partial charge in [-0.15, -0.1) is 0 Å². The third-order valence-electron chi connectivity index (χ3n) is 2.46. The molecule has 0 aliphatic rings. The van der Waals surface area contributed by atoms with E-state index in [4.69, 9.17) is 0 Å². The van der Waals surface area contributed by atoms with Gasteiger partial charge in [0.05, 0.1) is 11.9 Å². The standard InChI is InChI=1S/2C7H12O2.Zn/c2*1-3-6(4-2)5-7(8)9;/h2*5H,3-4H2,1-2H3,(H,8,9);/q;;+2/p-2. The Morgan fingerprint density at radius 3 is 1.00 bits per heavy atom. The molecule has 0 aromatic carbocycles. The van der Waals surface area contributed by atoms with Crippen LogP contribution in [0, 0.1) is 0 Å². The van der Waals surface area contributed by atoms with Gasteiger partial charge in [0.25, 0.3) is 0 Å². The van der Waals surface area contributed by atoms with Crippen LogP contribution in [0.4, 0.5) is 0 Å². The van der Waals surface area contributed by atoms with Crippen LogP contribution < -0.4 is 10.2 Å². The predicted molar refractivity (Wildman–Crippen MR) is 67.3 cm³/mol. The number of hydrogen-bond acceptors (Lipinski definition) is 4. The van der Waals surface area contributed by atoms with Crippen molar-refractivity contribution in [2.75, 3.05) is 0 Å². The van der Waals surface area contributed by atoms with Crippen molar-refractivity contribution in [3.63, 3.8) is 0 Å². The van der Waals surface area contributed by atoms with E-state index in [0.717, 1.165) is 36.8 Å². The van der Waals surface area contributed by atoms with Gasteiger partial charge in [-0.2, -0.15) is 0 Å². The maximum Gasteiger partial charge on any atom is 2.00 e. The normalized spacial score (nSPS) is 8.21. The Hall–Kier alpha value is -0.957. The molecule has 0 saturated carbocycles. The zero-order valence-corrected chi connectivity index (χ0v) is 15.3. The zero-order chi connectivity index (χ0) is 14.6. The van der Waals surface area contributed by atoms with E-state index >= 15 is 0 Å². The third kappa shape index (κ3) is 17.0. The van der Waals surface area contributed by atoms with E-state index in [0.29, 0.717) is 0 Å². The summed E-state index contributed by atoms with van der Waals surface area (Å²) in [6.45, 7) is 7.72. The molecule has 0 atom stereocenters. The summed E-state index contributed by atoms with van der Waals surface area (Å²) < 4.78 is 0. The summed E-state index contributed by atoms with van der Waals surface area (Å²) in [5, 5.41) is 19.9. The summed E-state index contributed by atoms with van der Waals surface area (Å²) in [5.74, 6) is -2.18. The first-order valence-corrected chi connectivity index (χ1v) is 6.21. The molecule has 19 heavy (non-hydrogen) atoms. The first-order chi connectivity index (χ1) is 8.40. The summed E-state index contributed by atoms with van der Waals surface area (Å²) in [6.07, 6.45) is 5.52. The molecule has 0 amide bonds. The van der Waals surface area contributed by atoms with Crippen molar-refractivity contribution in [1.29, 1.82) is 0 Å². The number of allylic oxidation sites excluding steroid dienone is 2. The van der Waals surface area contributed by atoms with Gasteiger partial charge >= 0.3 is 19.5 Å². The fourth-order valence-corrected chi connectivity index (χ4v) is 1.24. The average Bonchev–Trinajstić information content (AvgIpc) is 2.33. The van der Waals surface area contributed by atoms with Crippen molar-refractivity contribution in [3.8, 4) is 0 Å². The molecule has 0 aliphatic carbocycles. The molecule has 0 heterocycles. The number of carboxylic acid groups (broad SMARTS) is 2. The second-order valence-corrected chi connectivity index (χ2v) is 3.66. The van der Waals surface area contributed by atoms with Crippen molar-refractivity contribution in [2.45, 2.75) is 53.4 Å². The van der Waals surface area contributed by atoms with Crippen LogP contribution in [0.3, 0.4) is 0 Å². The van der Waals surface area contributed by atoms with Gasteiger partial charge in [0.1, 0.15) is 0 Å². The smallest absolute Gasteiger partial charge is 0.545 e. The van der Waals surface area contributed by atoms with E-state index in [1.54, 1.807) is 0 Å². The molecule has 0 spiro atoms. The van der Waals surface area contributed by atoms with Gasteiger partial charge in [-0.25, -0.2) is 0 Å². The van der Waals surface area contributed by atoms with Gasteiger partial charge in [0.2, 0.25) is 0 Å². The van der Waals surface area contributed by atoms with E-state index in [1.807, 2.05) is 27.7 Å². The minimum Gasteiger partial charge on any atom is -0.545 e. The molecule has 4 nitrogen and oxygen atoms in total. The topological polar surface area (TPSA) is 80.3 Å². The molecule has 0 saturated heterocycles. The molecule has 0 aromatic heterocycles. The summed E-state index contributed by atoms with van der Waals surface area (Å²) >= 11 is 0. The summed E-state index contributed by atoms with van der Waals surface area (Å²) in [6, 6.07) is 0. The molecular weight excluding hydrogens is 298 g/mol. The van der Waals surface area contributed by atoms with Crippen LogP contribution in [0.15, 0.2) is 23.3 Å². The van der Waals surface area contributed by atoms with Crippen molar-refractivity contribution >= 4 is 11.9 Å². The number of hydrogen-bond donors (Lipinski definition) is 0. The number of aliphatic carboxylic acids is 2. The number of carbonyl (C=O) groups is 2. The first kappa shape index (κ1) is 23.2. The van der Waals surface area contributed by atoms with Crippen LogP contribution >= 0.6 is 0 Å². The SMILES string of the molecule is CCC(=CC(=O)[O-])CC.CCC(=CC(=O)[O-])CC.[Zn+2]. The quantitative estimate of drug-likeness (QED) is 0.539. The van der Waals surface area contributed by atoms with Crippen LogP contribution in [-0.4, -0.2) is 11.9 Å². The van der Waals surface area contributed by atoms with Crippen molar-refractivity contribution < 1.29 is 39.3 Å².